The average Bonchev–Trinajstić information content (AvgIpc) is 2.33. The van der Waals surface area contributed by atoms with Gasteiger partial charge < -0.3 is 5.32 Å². The van der Waals surface area contributed by atoms with Gasteiger partial charge in [-0.05, 0) is 49.1 Å². The monoisotopic (exact) mass is 315 g/mol. The molecule has 2 atom stereocenters. The molecule has 1 aromatic rings. The number of benzene rings is 1. The Morgan fingerprint density at radius 3 is 2.67 bits per heavy atom. The first-order chi connectivity index (χ1) is 8.58. The summed E-state index contributed by atoms with van der Waals surface area (Å²) in [7, 11) is 0. The summed E-state index contributed by atoms with van der Waals surface area (Å²) in [6.07, 6.45) is 3.09. The highest BCUT2D eigenvalue weighted by atomic mass is 79.9. The standard InChI is InChI=1S/C15H23BrFN/c1-4-6-11(3)15(18-5-2)10-12-9-13(16)7-8-14(12)17/h7-9,11,15,18H,4-6,10H2,1-3H3. The van der Waals surface area contributed by atoms with Crippen LogP contribution in [0, 0.1) is 11.7 Å². The van der Waals surface area contributed by atoms with Crippen LogP contribution in [-0.4, -0.2) is 12.6 Å². The largest absolute Gasteiger partial charge is 0.314 e. The molecule has 0 amide bonds. The number of rotatable bonds is 7. The fourth-order valence-electron chi connectivity index (χ4n) is 2.33. The Bertz CT molecular complexity index is 368. The van der Waals surface area contributed by atoms with E-state index in [2.05, 4.69) is 42.0 Å². The van der Waals surface area contributed by atoms with Crippen LogP contribution in [0.3, 0.4) is 0 Å². The maximum Gasteiger partial charge on any atom is 0.126 e. The number of likely N-dealkylation sites (N-methyl/N-ethyl adjacent to an activating group) is 1. The normalized spacial score (nSPS) is 14.5. The molecule has 102 valence electrons. The van der Waals surface area contributed by atoms with Crippen molar-refractivity contribution in [2.24, 2.45) is 5.92 Å². The second-order valence-electron chi connectivity index (χ2n) is 4.87. The van der Waals surface area contributed by atoms with Gasteiger partial charge in [-0.15, -0.1) is 0 Å². The molecule has 0 saturated carbocycles. The van der Waals surface area contributed by atoms with Gasteiger partial charge in [0.1, 0.15) is 5.82 Å². The van der Waals surface area contributed by atoms with Crippen LogP contribution in [0.25, 0.3) is 0 Å². The molecule has 1 rings (SSSR count). The van der Waals surface area contributed by atoms with Crippen LogP contribution in [0.1, 0.15) is 39.2 Å². The van der Waals surface area contributed by atoms with Gasteiger partial charge in [-0.3, -0.25) is 0 Å². The summed E-state index contributed by atoms with van der Waals surface area (Å²) < 4.78 is 14.7. The summed E-state index contributed by atoms with van der Waals surface area (Å²) in [5, 5.41) is 3.48. The first-order valence-electron chi connectivity index (χ1n) is 6.75. The van der Waals surface area contributed by atoms with Crippen LogP contribution in [0.4, 0.5) is 4.39 Å². The van der Waals surface area contributed by atoms with Crippen LogP contribution in [-0.2, 0) is 6.42 Å². The van der Waals surface area contributed by atoms with Gasteiger partial charge in [0.2, 0.25) is 0 Å². The molecule has 0 radical (unpaired) electrons. The molecule has 0 bridgehead atoms. The zero-order chi connectivity index (χ0) is 13.5. The minimum atomic E-state index is -0.107. The van der Waals surface area contributed by atoms with E-state index in [0.29, 0.717) is 12.0 Å². The number of hydrogen-bond acceptors (Lipinski definition) is 1. The summed E-state index contributed by atoms with van der Waals surface area (Å²) >= 11 is 3.41. The smallest absolute Gasteiger partial charge is 0.126 e. The molecule has 1 nitrogen and oxygen atoms in total. The molecule has 0 spiro atoms. The Hall–Kier alpha value is -0.410. The van der Waals surface area contributed by atoms with Gasteiger partial charge >= 0.3 is 0 Å². The first kappa shape index (κ1) is 15.6. The van der Waals surface area contributed by atoms with Gasteiger partial charge in [0.05, 0.1) is 0 Å². The molecule has 0 aliphatic rings. The van der Waals surface area contributed by atoms with E-state index in [1.165, 1.54) is 18.9 Å². The lowest BCUT2D eigenvalue weighted by atomic mass is 9.91. The van der Waals surface area contributed by atoms with E-state index < -0.39 is 0 Å². The molecule has 0 fully saturated rings. The number of hydrogen-bond donors (Lipinski definition) is 1. The third kappa shape index (κ3) is 4.69. The highest BCUT2D eigenvalue weighted by molar-refractivity contribution is 9.10. The maximum absolute atomic E-state index is 13.8. The van der Waals surface area contributed by atoms with Gasteiger partial charge in [-0.1, -0.05) is 43.1 Å². The topological polar surface area (TPSA) is 12.0 Å². The zero-order valence-electron chi connectivity index (χ0n) is 11.5. The van der Waals surface area contributed by atoms with Crippen molar-refractivity contribution in [3.63, 3.8) is 0 Å². The van der Waals surface area contributed by atoms with Crippen molar-refractivity contribution in [1.82, 2.24) is 5.32 Å². The van der Waals surface area contributed by atoms with E-state index in [-0.39, 0.29) is 5.82 Å². The summed E-state index contributed by atoms with van der Waals surface area (Å²) in [4.78, 5) is 0. The van der Waals surface area contributed by atoms with Crippen LogP contribution in [0.5, 0.6) is 0 Å². The summed E-state index contributed by atoms with van der Waals surface area (Å²) in [5.74, 6) is 0.457. The Morgan fingerprint density at radius 1 is 1.33 bits per heavy atom. The number of nitrogens with one attached hydrogen (secondary N) is 1. The van der Waals surface area contributed by atoms with E-state index in [1.54, 1.807) is 6.07 Å². The minimum absolute atomic E-state index is 0.107. The molecule has 3 heteroatoms. The lowest BCUT2D eigenvalue weighted by Gasteiger charge is -2.25. The highest BCUT2D eigenvalue weighted by Gasteiger charge is 2.17. The van der Waals surface area contributed by atoms with E-state index >= 15 is 0 Å². The Balaban J connectivity index is 2.78. The third-order valence-electron chi connectivity index (χ3n) is 3.34. The lowest BCUT2D eigenvalue weighted by Crippen LogP contribution is -2.37. The number of halogens is 2. The van der Waals surface area contributed by atoms with Crippen molar-refractivity contribution in [1.29, 1.82) is 0 Å². The van der Waals surface area contributed by atoms with Crippen LogP contribution < -0.4 is 5.32 Å². The molecular weight excluding hydrogens is 293 g/mol. The van der Waals surface area contributed by atoms with Crippen LogP contribution >= 0.6 is 15.9 Å². The summed E-state index contributed by atoms with van der Waals surface area (Å²) in [6, 6.07) is 5.51. The molecule has 1 aromatic carbocycles. The van der Waals surface area contributed by atoms with Crippen molar-refractivity contribution in [2.45, 2.75) is 46.1 Å². The molecular formula is C15H23BrFN. The summed E-state index contributed by atoms with van der Waals surface area (Å²) in [6.45, 7) is 7.46. The molecule has 0 saturated heterocycles. The molecule has 18 heavy (non-hydrogen) atoms. The quantitative estimate of drug-likeness (QED) is 0.778. The van der Waals surface area contributed by atoms with Crippen LogP contribution in [0.15, 0.2) is 22.7 Å². The van der Waals surface area contributed by atoms with E-state index in [1.807, 2.05) is 6.07 Å². The van der Waals surface area contributed by atoms with Crippen molar-refractivity contribution >= 4 is 15.9 Å². The van der Waals surface area contributed by atoms with Gasteiger partial charge in [0.15, 0.2) is 0 Å². The maximum atomic E-state index is 13.8. The Morgan fingerprint density at radius 2 is 2.06 bits per heavy atom. The molecule has 0 aliphatic carbocycles. The van der Waals surface area contributed by atoms with Gasteiger partial charge in [-0.2, -0.15) is 0 Å². The lowest BCUT2D eigenvalue weighted by molar-refractivity contribution is 0.354. The molecule has 0 heterocycles. The van der Waals surface area contributed by atoms with Gasteiger partial charge in [0, 0.05) is 10.5 Å². The molecule has 0 aliphatic heterocycles. The van der Waals surface area contributed by atoms with Crippen molar-refractivity contribution in [2.75, 3.05) is 6.54 Å². The highest BCUT2D eigenvalue weighted by Crippen LogP contribution is 2.20. The van der Waals surface area contributed by atoms with E-state index in [0.717, 1.165) is 23.0 Å². The van der Waals surface area contributed by atoms with Crippen molar-refractivity contribution in [3.05, 3.63) is 34.1 Å². The zero-order valence-corrected chi connectivity index (χ0v) is 13.1. The molecule has 0 aromatic heterocycles. The molecule has 2 unspecified atom stereocenters. The molecule has 1 N–H and O–H groups in total. The predicted molar refractivity (Wildman–Crippen MR) is 79.3 cm³/mol. The Labute approximate surface area is 118 Å². The SMILES string of the molecule is CCCC(C)C(Cc1cc(Br)ccc1F)NCC. The van der Waals surface area contributed by atoms with E-state index in [4.69, 9.17) is 0 Å². The fraction of sp³-hybridized carbons (Fsp3) is 0.600. The average molecular weight is 316 g/mol. The Kier molecular flexibility index (Phi) is 6.87. The van der Waals surface area contributed by atoms with E-state index in [9.17, 15) is 4.39 Å². The first-order valence-corrected chi connectivity index (χ1v) is 7.55. The van der Waals surface area contributed by atoms with Crippen LogP contribution in [0.2, 0.25) is 0 Å². The second-order valence-corrected chi connectivity index (χ2v) is 5.79. The van der Waals surface area contributed by atoms with Gasteiger partial charge in [0.25, 0.3) is 0 Å². The summed E-state index contributed by atoms with van der Waals surface area (Å²) in [5.41, 5.74) is 0.790. The minimum Gasteiger partial charge on any atom is -0.314 e. The fourth-order valence-corrected chi connectivity index (χ4v) is 2.74. The second kappa shape index (κ2) is 7.90. The van der Waals surface area contributed by atoms with Crippen molar-refractivity contribution < 1.29 is 4.39 Å². The predicted octanol–water partition coefficient (Wildman–Crippen LogP) is 4.55. The van der Waals surface area contributed by atoms with Gasteiger partial charge in [-0.25, -0.2) is 4.39 Å². The third-order valence-corrected chi connectivity index (χ3v) is 3.84. The van der Waals surface area contributed by atoms with Crippen molar-refractivity contribution in [3.8, 4) is 0 Å².